The Morgan fingerprint density at radius 2 is 2.16 bits per heavy atom. The van der Waals surface area contributed by atoms with Crippen molar-refractivity contribution in [3.63, 3.8) is 0 Å². The molecule has 1 aliphatic heterocycles. The average Bonchev–Trinajstić information content (AvgIpc) is 2.80. The van der Waals surface area contributed by atoms with Gasteiger partial charge in [-0.05, 0) is 17.7 Å². The van der Waals surface area contributed by atoms with Crippen molar-refractivity contribution >= 4 is 6.03 Å². The van der Waals surface area contributed by atoms with Crippen molar-refractivity contribution in [2.75, 3.05) is 27.3 Å². The van der Waals surface area contributed by atoms with E-state index >= 15 is 0 Å². The number of carbonyl (C=O) groups excluding carboxylic acids is 1. The van der Waals surface area contributed by atoms with E-state index in [0.29, 0.717) is 18.0 Å². The molecule has 1 saturated heterocycles. The Labute approximate surface area is 111 Å². The zero-order valence-corrected chi connectivity index (χ0v) is 10.8. The third-order valence-corrected chi connectivity index (χ3v) is 3.06. The van der Waals surface area contributed by atoms with Gasteiger partial charge < -0.3 is 19.7 Å². The first-order chi connectivity index (χ1) is 9.19. The van der Waals surface area contributed by atoms with Crippen LogP contribution < -0.4 is 14.8 Å². The van der Waals surface area contributed by atoms with Gasteiger partial charge in [0.25, 0.3) is 0 Å². The molecule has 1 aliphatic rings. The van der Waals surface area contributed by atoms with Crippen LogP contribution >= 0.6 is 0 Å². The Hall–Kier alpha value is -2.42. The van der Waals surface area contributed by atoms with E-state index in [1.165, 1.54) is 4.90 Å². The highest BCUT2D eigenvalue weighted by atomic mass is 16.5. The number of nitrogens with zero attached hydrogens (tertiary/aromatic N) is 2. The summed E-state index contributed by atoms with van der Waals surface area (Å²) in [4.78, 5) is 13.1. The predicted molar refractivity (Wildman–Crippen MR) is 68.0 cm³/mol. The molecule has 19 heavy (non-hydrogen) atoms. The number of carbonyl (C=O) groups is 1. The lowest BCUT2D eigenvalue weighted by Gasteiger charge is -2.13. The number of amides is 2. The second kappa shape index (κ2) is 5.48. The van der Waals surface area contributed by atoms with E-state index in [-0.39, 0.29) is 18.6 Å². The van der Waals surface area contributed by atoms with Crippen molar-refractivity contribution in [2.24, 2.45) is 0 Å². The number of nitrogens with one attached hydrogen (secondary N) is 1. The van der Waals surface area contributed by atoms with Gasteiger partial charge in [0.15, 0.2) is 11.5 Å². The molecule has 1 fully saturated rings. The van der Waals surface area contributed by atoms with Crippen LogP contribution in [0.1, 0.15) is 11.6 Å². The molecule has 1 aromatic rings. The highest BCUT2D eigenvalue weighted by Gasteiger charge is 2.29. The maximum absolute atomic E-state index is 11.6. The van der Waals surface area contributed by atoms with Gasteiger partial charge in [-0.2, -0.15) is 5.26 Å². The first kappa shape index (κ1) is 13.0. The molecule has 1 heterocycles. The summed E-state index contributed by atoms with van der Waals surface area (Å²) < 4.78 is 10.4. The number of nitriles is 1. The lowest BCUT2D eigenvalue weighted by molar-refractivity contribution is 0.222. The standard InChI is InChI=1S/C13H15N3O3/c1-18-11-4-3-9(7-12(11)19-2)10-8-16(6-5-14)13(17)15-10/h3-4,7,10H,6,8H2,1-2H3,(H,15,17). The van der Waals surface area contributed by atoms with Crippen LogP contribution in [0.5, 0.6) is 11.5 Å². The molecule has 1 unspecified atom stereocenters. The van der Waals surface area contributed by atoms with Gasteiger partial charge >= 0.3 is 6.03 Å². The second-order valence-electron chi connectivity index (χ2n) is 4.16. The number of ether oxygens (including phenoxy) is 2. The Bertz CT molecular complexity index is 524. The first-order valence-electron chi connectivity index (χ1n) is 5.84. The summed E-state index contributed by atoms with van der Waals surface area (Å²) in [7, 11) is 3.14. The summed E-state index contributed by atoms with van der Waals surface area (Å²) in [6, 6.07) is 7.12. The monoisotopic (exact) mass is 261 g/mol. The van der Waals surface area contributed by atoms with Gasteiger partial charge in [-0.15, -0.1) is 0 Å². The highest BCUT2D eigenvalue weighted by Crippen LogP contribution is 2.31. The molecule has 1 N–H and O–H groups in total. The van der Waals surface area contributed by atoms with E-state index < -0.39 is 0 Å². The highest BCUT2D eigenvalue weighted by molar-refractivity contribution is 5.77. The van der Waals surface area contributed by atoms with Crippen molar-refractivity contribution < 1.29 is 14.3 Å². The lowest BCUT2D eigenvalue weighted by Crippen LogP contribution is -2.28. The van der Waals surface area contributed by atoms with E-state index in [1.54, 1.807) is 20.3 Å². The van der Waals surface area contributed by atoms with E-state index in [9.17, 15) is 4.79 Å². The van der Waals surface area contributed by atoms with Crippen LogP contribution in [0.2, 0.25) is 0 Å². The lowest BCUT2D eigenvalue weighted by atomic mass is 10.1. The maximum Gasteiger partial charge on any atom is 0.318 e. The van der Waals surface area contributed by atoms with Crippen molar-refractivity contribution in [2.45, 2.75) is 6.04 Å². The number of hydrogen-bond donors (Lipinski definition) is 1. The largest absolute Gasteiger partial charge is 0.493 e. The second-order valence-corrected chi connectivity index (χ2v) is 4.16. The summed E-state index contributed by atoms with van der Waals surface area (Å²) in [6.07, 6.45) is 0. The third kappa shape index (κ3) is 2.55. The molecular weight excluding hydrogens is 246 g/mol. The van der Waals surface area contributed by atoms with Crippen LogP contribution in [0.25, 0.3) is 0 Å². The van der Waals surface area contributed by atoms with Gasteiger partial charge in [-0.3, -0.25) is 0 Å². The molecular formula is C13H15N3O3. The minimum absolute atomic E-state index is 0.0929. The fraction of sp³-hybridized carbons (Fsp3) is 0.385. The van der Waals surface area contributed by atoms with Gasteiger partial charge in [-0.1, -0.05) is 6.07 Å². The quantitative estimate of drug-likeness (QED) is 0.829. The normalized spacial score (nSPS) is 17.8. The van der Waals surface area contributed by atoms with Crippen LogP contribution in [0.15, 0.2) is 18.2 Å². The Kier molecular flexibility index (Phi) is 3.76. The number of benzene rings is 1. The fourth-order valence-electron chi connectivity index (χ4n) is 2.07. The summed E-state index contributed by atoms with van der Waals surface area (Å²) in [5.41, 5.74) is 0.923. The molecule has 0 saturated carbocycles. The minimum Gasteiger partial charge on any atom is -0.493 e. The van der Waals surface area contributed by atoms with Crippen LogP contribution in [-0.2, 0) is 0 Å². The van der Waals surface area contributed by atoms with Crippen molar-refractivity contribution in [3.8, 4) is 17.6 Å². The minimum atomic E-state index is -0.221. The number of methoxy groups -OCH3 is 2. The maximum atomic E-state index is 11.6. The SMILES string of the molecule is COc1ccc(C2CN(CC#N)C(=O)N2)cc1OC. The van der Waals surface area contributed by atoms with E-state index in [4.69, 9.17) is 14.7 Å². The van der Waals surface area contributed by atoms with Gasteiger partial charge in [0.2, 0.25) is 0 Å². The van der Waals surface area contributed by atoms with Crippen LogP contribution in [0, 0.1) is 11.3 Å². The molecule has 6 nitrogen and oxygen atoms in total. The van der Waals surface area contributed by atoms with Gasteiger partial charge in [0.1, 0.15) is 6.54 Å². The van der Waals surface area contributed by atoms with E-state index in [0.717, 1.165) is 5.56 Å². The predicted octanol–water partition coefficient (Wildman–Crippen LogP) is 1.29. The number of hydrogen-bond acceptors (Lipinski definition) is 4. The zero-order chi connectivity index (χ0) is 13.8. The summed E-state index contributed by atoms with van der Waals surface area (Å²) in [5.74, 6) is 1.26. The average molecular weight is 261 g/mol. The van der Waals surface area contributed by atoms with Crippen LogP contribution in [0.3, 0.4) is 0 Å². The molecule has 2 rings (SSSR count). The summed E-state index contributed by atoms with van der Waals surface area (Å²) in [5, 5.41) is 11.5. The van der Waals surface area contributed by atoms with Gasteiger partial charge in [-0.25, -0.2) is 4.79 Å². The Morgan fingerprint density at radius 1 is 1.42 bits per heavy atom. The molecule has 0 bridgehead atoms. The van der Waals surface area contributed by atoms with Gasteiger partial charge in [0, 0.05) is 6.54 Å². The van der Waals surface area contributed by atoms with Gasteiger partial charge in [0.05, 0.1) is 26.3 Å². The molecule has 2 amide bonds. The number of rotatable bonds is 4. The summed E-state index contributed by atoms with van der Waals surface area (Å²) >= 11 is 0. The van der Waals surface area contributed by atoms with E-state index in [2.05, 4.69) is 5.32 Å². The smallest absolute Gasteiger partial charge is 0.318 e. The van der Waals surface area contributed by atoms with Crippen molar-refractivity contribution in [3.05, 3.63) is 23.8 Å². The van der Waals surface area contributed by atoms with Crippen molar-refractivity contribution in [1.82, 2.24) is 10.2 Å². The topological polar surface area (TPSA) is 74.6 Å². The molecule has 0 spiro atoms. The molecule has 0 aromatic heterocycles. The van der Waals surface area contributed by atoms with E-state index in [1.807, 2.05) is 18.2 Å². The third-order valence-electron chi connectivity index (χ3n) is 3.06. The number of urea groups is 1. The zero-order valence-electron chi connectivity index (χ0n) is 10.8. The Balaban J connectivity index is 2.20. The summed E-state index contributed by atoms with van der Waals surface area (Å²) in [6.45, 7) is 0.567. The fourth-order valence-corrected chi connectivity index (χ4v) is 2.07. The first-order valence-corrected chi connectivity index (χ1v) is 5.84. The molecule has 1 aromatic carbocycles. The molecule has 1 atom stereocenters. The molecule has 6 heteroatoms. The van der Waals surface area contributed by atoms with Crippen molar-refractivity contribution in [1.29, 1.82) is 5.26 Å². The van der Waals surface area contributed by atoms with Crippen LogP contribution in [0.4, 0.5) is 4.79 Å². The Morgan fingerprint density at radius 3 is 2.79 bits per heavy atom. The van der Waals surface area contributed by atoms with Crippen LogP contribution in [-0.4, -0.2) is 38.2 Å². The molecule has 0 aliphatic carbocycles. The molecule has 100 valence electrons. The molecule has 0 radical (unpaired) electrons.